The van der Waals surface area contributed by atoms with E-state index in [2.05, 4.69) is 15.4 Å². The molecule has 0 spiro atoms. The van der Waals surface area contributed by atoms with Crippen molar-refractivity contribution >= 4 is 27.9 Å². The number of carbonyl (C=O) groups is 1. The highest BCUT2D eigenvalue weighted by molar-refractivity contribution is 7.15. The standard InChI is InChI=1S/C20H16FN5O3S/c1-12-6-7-13(10-17(12)26(28)29)19(27)22-9-8-14-11-30-20-23-18(24-25(14)20)15-4-2-3-5-16(15)21/h2-7,10-11H,8-9H2,1H3,(H,22,27). The quantitative estimate of drug-likeness (QED) is 0.374. The summed E-state index contributed by atoms with van der Waals surface area (Å²) >= 11 is 1.38. The van der Waals surface area contributed by atoms with Crippen molar-refractivity contribution in [3.8, 4) is 11.4 Å². The van der Waals surface area contributed by atoms with Crippen molar-refractivity contribution < 1.29 is 14.1 Å². The van der Waals surface area contributed by atoms with E-state index in [0.29, 0.717) is 34.9 Å². The molecule has 0 bridgehead atoms. The summed E-state index contributed by atoms with van der Waals surface area (Å²) in [7, 11) is 0. The molecule has 4 aromatic rings. The summed E-state index contributed by atoms with van der Waals surface area (Å²) in [6.45, 7) is 1.93. The van der Waals surface area contributed by atoms with Crippen molar-refractivity contribution in [1.82, 2.24) is 19.9 Å². The number of fused-ring (bicyclic) bond motifs is 1. The van der Waals surface area contributed by atoms with Crippen molar-refractivity contribution in [2.45, 2.75) is 13.3 Å². The number of amides is 1. The molecule has 0 saturated carbocycles. The number of nitro groups is 1. The number of halogens is 1. The van der Waals surface area contributed by atoms with Crippen LogP contribution in [0.4, 0.5) is 10.1 Å². The maximum atomic E-state index is 14.0. The largest absolute Gasteiger partial charge is 0.352 e. The molecule has 10 heteroatoms. The van der Waals surface area contributed by atoms with Gasteiger partial charge in [-0.15, -0.1) is 16.4 Å². The Kier molecular flexibility index (Phi) is 5.23. The van der Waals surface area contributed by atoms with E-state index < -0.39 is 16.6 Å². The molecular formula is C20H16FN5O3S. The summed E-state index contributed by atoms with van der Waals surface area (Å²) in [5, 5.41) is 20.1. The van der Waals surface area contributed by atoms with Crippen LogP contribution in [0.5, 0.6) is 0 Å². The van der Waals surface area contributed by atoms with Gasteiger partial charge in [0.05, 0.1) is 16.2 Å². The van der Waals surface area contributed by atoms with E-state index in [1.165, 1.54) is 23.5 Å². The third kappa shape index (κ3) is 3.77. The monoisotopic (exact) mass is 425 g/mol. The minimum atomic E-state index is -0.508. The number of hydrogen-bond acceptors (Lipinski definition) is 6. The van der Waals surface area contributed by atoms with Crippen LogP contribution in [0.15, 0.2) is 47.8 Å². The fraction of sp³-hybridized carbons (Fsp3) is 0.150. The van der Waals surface area contributed by atoms with Gasteiger partial charge in [-0.25, -0.2) is 8.91 Å². The van der Waals surface area contributed by atoms with Crippen LogP contribution in [0, 0.1) is 22.9 Å². The Morgan fingerprint density at radius 3 is 2.87 bits per heavy atom. The van der Waals surface area contributed by atoms with Crippen LogP contribution in [0.2, 0.25) is 0 Å². The van der Waals surface area contributed by atoms with Gasteiger partial charge >= 0.3 is 0 Å². The second-order valence-corrected chi connectivity index (χ2v) is 7.44. The SMILES string of the molecule is Cc1ccc(C(=O)NCCc2csc3nc(-c4ccccc4F)nn23)cc1[N+](=O)[O-]. The Morgan fingerprint density at radius 1 is 1.30 bits per heavy atom. The van der Waals surface area contributed by atoms with Crippen molar-refractivity contribution in [2.75, 3.05) is 6.54 Å². The van der Waals surface area contributed by atoms with Gasteiger partial charge in [0.1, 0.15) is 5.82 Å². The van der Waals surface area contributed by atoms with Gasteiger partial charge in [-0.3, -0.25) is 14.9 Å². The Morgan fingerprint density at radius 2 is 2.10 bits per heavy atom. The molecule has 0 atom stereocenters. The molecule has 30 heavy (non-hydrogen) atoms. The molecule has 2 aromatic heterocycles. The first-order valence-corrected chi connectivity index (χ1v) is 9.93. The minimum Gasteiger partial charge on any atom is -0.352 e. The van der Waals surface area contributed by atoms with Gasteiger partial charge in [-0.05, 0) is 25.1 Å². The number of carbonyl (C=O) groups excluding carboxylic acids is 1. The van der Waals surface area contributed by atoms with Gasteiger partial charge in [0.25, 0.3) is 11.6 Å². The molecule has 0 fully saturated rings. The summed E-state index contributed by atoms with van der Waals surface area (Å²) in [6.07, 6.45) is 0.472. The molecule has 1 amide bonds. The Balaban J connectivity index is 1.46. The second kappa shape index (κ2) is 7.99. The Bertz CT molecular complexity index is 1270. The predicted molar refractivity (Wildman–Crippen MR) is 110 cm³/mol. The van der Waals surface area contributed by atoms with Gasteiger partial charge in [-0.1, -0.05) is 18.2 Å². The molecule has 0 aliphatic heterocycles. The van der Waals surface area contributed by atoms with Crippen LogP contribution in [0.1, 0.15) is 21.6 Å². The zero-order valence-electron chi connectivity index (χ0n) is 15.8. The molecule has 2 aromatic carbocycles. The summed E-state index contributed by atoms with van der Waals surface area (Å²) in [5.74, 6) is -0.482. The Hall–Kier alpha value is -3.66. The fourth-order valence-corrected chi connectivity index (χ4v) is 3.86. The number of thiazole rings is 1. The number of aromatic nitrogens is 3. The van der Waals surface area contributed by atoms with E-state index in [1.54, 1.807) is 41.8 Å². The first-order valence-electron chi connectivity index (χ1n) is 9.05. The van der Waals surface area contributed by atoms with E-state index in [-0.39, 0.29) is 11.3 Å². The van der Waals surface area contributed by atoms with Crippen LogP contribution < -0.4 is 5.32 Å². The van der Waals surface area contributed by atoms with Crippen molar-refractivity contribution in [3.05, 3.63) is 80.6 Å². The number of nitrogens with one attached hydrogen (secondary N) is 1. The summed E-state index contributed by atoms with van der Waals surface area (Å²) in [4.78, 5) is 27.9. The lowest BCUT2D eigenvalue weighted by Gasteiger charge is -2.05. The molecule has 0 radical (unpaired) electrons. The average molecular weight is 425 g/mol. The number of aryl methyl sites for hydroxylation is 1. The highest BCUT2D eigenvalue weighted by Gasteiger charge is 2.16. The number of benzene rings is 2. The van der Waals surface area contributed by atoms with E-state index in [1.807, 2.05) is 5.38 Å². The number of hydrogen-bond donors (Lipinski definition) is 1. The maximum Gasteiger partial charge on any atom is 0.273 e. The van der Waals surface area contributed by atoms with Gasteiger partial charge < -0.3 is 5.32 Å². The zero-order chi connectivity index (χ0) is 21.3. The van der Waals surface area contributed by atoms with Crippen molar-refractivity contribution in [1.29, 1.82) is 0 Å². The molecule has 152 valence electrons. The van der Waals surface area contributed by atoms with Crippen molar-refractivity contribution in [2.24, 2.45) is 0 Å². The number of nitro benzene ring substituents is 1. The van der Waals surface area contributed by atoms with E-state index in [9.17, 15) is 19.3 Å². The van der Waals surface area contributed by atoms with Crippen LogP contribution in [0.3, 0.4) is 0 Å². The minimum absolute atomic E-state index is 0.0921. The molecule has 0 aliphatic rings. The van der Waals surface area contributed by atoms with Gasteiger partial charge in [-0.2, -0.15) is 4.98 Å². The lowest BCUT2D eigenvalue weighted by atomic mass is 10.1. The van der Waals surface area contributed by atoms with E-state index in [0.717, 1.165) is 5.69 Å². The van der Waals surface area contributed by atoms with Crippen LogP contribution in [0.25, 0.3) is 16.3 Å². The maximum absolute atomic E-state index is 14.0. The summed E-state index contributed by atoms with van der Waals surface area (Å²) in [5.41, 5.74) is 1.78. The number of rotatable bonds is 6. The molecule has 0 saturated heterocycles. The van der Waals surface area contributed by atoms with Crippen molar-refractivity contribution in [3.63, 3.8) is 0 Å². The lowest BCUT2D eigenvalue weighted by molar-refractivity contribution is -0.385. The number of nitrogens with zero attached hydrogens (tertiary/aromatic N) is 4. The molecule has 8 nitrogen and oxygen atoms in total. The van der Waals surface area contributed by atoms with Gasteiger partial charge in [0.2, 0.25) is 4.96 Å². The highest BCUT2D eigenvalue weighted by atomic mass is 32.1. The fourth-order valence-electron chi connectivity index (χ4n) is 3.01. The highest BCUT2D eigenvalue weighted by Crippen LogP contribution is 2.23. The smallest absolute Gasteiger partial charge is 0.273 e. The van der Waals surface area contributed by atoms with E-state index >= 15 is 0 Å². The van der Waals surface area contributed by atoms with Gasteiger partial charge in [0, 0.05) is 35.5 Å². The third-order valence-corrected chi connectivity index (χ3v) is 5.46. The first kappa shape index (κ1) is 19.6. The normalized spacial score (nSPS) is 11.0. The molecule has 0 unspecified atom stereocenters. The van der Waals surface area contributed by atoms with Gasteiger partial charge in [0.15, 0.2) is 5.82 Å². The second-order valence-electron chi connectivity index (χ2n) is 6.60. The summed E-state index contributed by atoms with van der Waals surface area (Å²) in [6, 6.07) is 10.7. The van der Waals surface area contributed by atoms with Crippen LogP contribution >= 0.6 is 11.3 Å². The molecule has 0 aliphatic carbocycles. The molecule has 4 rings (SSSR count). The van der Waals surface area contributed by atoms with Crippen LogP contribution in [-0.2, 0) is 6.42 Å². The Labute approximate surface area is 174 Å². The molecular weight excluding hydrogens is 409 g/mol. The summed E-state index contributed by atoms with van der Waals surface area (Å²) < 4.78 is 15.6. The van der Waals surface area contributed by atoms with E-state index in [4.69, 9.17) is 0 Å². The van der Waals surface area contributed by atoms with Crippen LogP contribution in [-0.4, -0.2) is 32.0 Å². The third-order valence-electron chi connectivity index (χ3n) is 4.60. The molecule has 2 heterocycles. The first-order chi connectivity index (χ1) is 14.4. The zero-order valence-corrected chi connectivity index (χ0v) is 16.6. The molecule has 1 N–H and O–H groups in total. The average Bonchev–Trinajstić information content (AvgIpc) is 3.30. The topological polar surface area (TPSA) is 102 Å². The lowest BCUT2D eigenvalue weighted by Crippen LogP contribution is -2.26. The predicted octanol–water partition coefficient (Wildman–Crippen LogP) is 3.79.